The Labute approximate surface area is 172 Å². The summed E-state index contributed by atoms with van der Waals surface area (Å²) >= 11 is 0. The molecule has 0 saturated heterocycles. The number of anilines is 1. The summed E-state index contributed by atoms with van der Waals surface area (Å²) in [5, 5.41) is 1.47. The maximum Gasteiger partial charge on any atom is 0.417 e. The van der Waals surface area contributed by atoms with Gasteiger partial charge in [-0.15, -0.1) is 0 Å². The molecule has 0 radical (unpaired) electrons. The molecule has 3 nitrogen and oxygen atoms in total. The van der Waals surface area contributed by atoms with E-state index in [2.05, 4.69) is 0 Å². The average Bonchev–Trinajstić information content (AvgIpc) is 2.69. The largest absolute Gasteiger partial charge is 0.417 e. The average molecular weight is 410 g/mol. The normalized spacial score (nSPS) is 12.0. The number of nitrogens with zero attached hydrogens (tertiary/aromatic N) is 2. The van der Waals surface area contributed by atoms with Crippen molar-refractivity contribution in [3.05, 3.63) is 76.1 Å². The van der Waals surface area contributed by atoms with Crippen LogP contribution >= 0.6 is 0 Å². The van der Waals surface area contributed by atoms with Crippen molar-refractivity contribution in [2.45, 2.75) is 13.1 Å². The lowest BCUT2D eigenvalue weighted by Gasteiger charge is -2.21. The van der Waals surface area contributed by atoms with E-state index in [0.29, 0.717) is 10.9 Å². The van der Waals surface area contributed by atoms with E-state index in [1.54, 1.807) is 55.4 Å². The SMILES string of the molecule is Cc1cccc2c(-c3c(C(F)(F)F)c4ccc(N(C)C)cc4n(C)c3=O)cccc12. The zero-order valence-electron chi connectivity index (χ0n) is 17.1. The zero-order chi connectivity index (χ0) is 21.8. The van der Waals surface area contributed by atoms with Crippen LogP contribution in [0.3, 0.4) is 0 Å². The van der Waals surface area contributed by atoms with Crippen LogP contribution in [0, 0.1) is 6.92 Å². The Morgan fingerprint density at radius 1 is 0.900 bits per heavy atom. The Morgan fingerprint density at radius 3 is 2.23 bits per heavy atom. The fraction of sp³-hybridized carbons (Fsp3) is 0.208. The quantitative estimate of drug-likeness (QED) is 0.420. The topological polar surface area (TPSA) is 25.2 Å². The minimum atomic E-state index is -4.69. The van der Waals surface area contributed by atoms with E-state index in [9.17, 15) is 18.0 Å². The smallest absolute Gasteiger partial charge is 0.378 e. The molecule has 0 N–H and O–H groups in total. The van der Waals surface area contributed by atoms with Crippen molar-refractivity contribution in [2.24, 2.45) is 7.05 Å². The van der Waals surface area contributed by atoms with Crippen LogP contribution < -0.4 is 10.5 Å². The van der Waals surface area contributed by atoms with Crippen LogP contribution in [0.4, 0.5) is 18.9 Å². The number of hydrogen-bond acceptors (Lipinski definition) is 2. The Morgan fingerprint density at radius 2 is 1.57 bits per heavy atom. The highest BCUT2D eigenvalue weighted by Crippen LogP contribution is 2.42. The summed E-state index contributed by atoms with van der Waals surface area (Å²) in [5.41, 5.74) is 0.336. The highest BCUT2D eigenvalue weighted by atomic mass is 19.4. The summed E-state index contributed by atoms with van der Waals surface area (Å²) in [5.74, 6) is 0. The monoisotopic (exact) mass is 410 g/mol. The van der Waals surface area contributed by atoms with E-state index < -0.39 is 17.3 Å². The molecule has 6 heteroatoms. The van der Waals surface area contributed by atoms with Crippen molar-refractivity contribution in [1.29, 1.82) is 0 Å². The van der Waals surface area contributed by atoms with Crippen LogP contribution in [0.1, 0.15) is 11.1 Å². The van der Waals surface area contributed by atoms with Gasteiger partial charge >= 0.3 is 6.18 Å². The number of pyridine rings is 1. The second-order valence-corrected chi connectivity index (χ2v) is 7.68. The first kappa shape index (κ1) is 20.0. The Balaban J connectivity index is 2.22. The van der Waals surface area contributed by atoms with E-state index in [0.717, 1.165) is 16.6 Å². The molecule has 30 heavy (non-hydrogen) atoms. The molecule has 1 aromatic heterocycles. The number of hydrogen-bond donors (Lipinski definition) is 0. The van der Waals surface area contributed by atoms with Crippen LogP contribution in [0.5, 0.6) is 0 Å². The Kier molecular flexibility index (Phi) is 4.60. The highest BCUT2D eigenvalue weighted by Gasteiger charge is 2.38. The van der Waals surface area contributed by atoms with Crippen molar-refractivity contribution in [3.63, 3.8) is 0 Å². The summed E-state index contributed by atoms with van der Waals surface area (Å²) in [7, 11) is 5.12. The van der Waals surface area contributed by atoms with Crippen molar-refractivity contribution >= 4 is 27.4 Å². The van der Waals surface area contributed by atoms with Crippen LogP contribution in [-0.2, 0) is 13.2 Å². The number of aromatic nitrogens is 1. The Bertz CT molecular complexity index is 1350. The molecule has 0 spiro atoms. The second-order valence-electron chi connectivity index (χ2n) is 7.68. The highest BCUT2D eigenvalue weighted by molar-refractivity contribution is 6.01. The fourth-order valence-corrected chi connectivity index (χ4v) is 4.04. The van der Waals surface area contributed by atoms with E-state index in [1.807, 2.05) is 19.1 Å². The zero-order valence-corrected chi connectivity index (χ0v) is 17.1. The lowest BCUT2D eigenvalue weighted by molar-refractivity contribution is -0.135. The second kappa shape index (κ2) is 6.90. The van der Waals surface area contributed by atoms with Gasteiger partial charge in [0.25, 0.3) is 5.56 Å². The molecule has 0 aliphatic heterocycles. The number of halogens is 3. The molecule has 4 aromatic rings. The van der Waals surface area contributed by atoms with Crippen LogP contribution in [0.15, 0.2) is 59.4 Å². The van der Waals surface area contributed by atoms with Crippen molar-refractivity contribution in [1.82, 2.24) is 4.57 Å². The maximum absolute atomic E-state index is 14.4. The lowest BCUT2D eigenvalue weighted by atomic mass is 9.91. The van der Waals surface area contributed by atoms with Gasteiger partial charge in [-0.05, 0) is 41.0 Å². The van der Waals surface area contributed by atoms with Gasteiger partial charge in [0, 0.05) is 32.2 Å². The molecule has 0 aliphatic rings. The Hall–Kier alpha value is -3.28. The lowest BCUT2D eigenvalue weighted by Crippen LogP contribution is -2.25. The summed E-state index contributed by atoms with van der Waals surface area (Å²) < 4.78 is 44.4. The van der Waals surface area contributed by atoms with Crippen molar-refractivity contribution in [3.8, 4) is 11.1 Å². The predicted molar refractivity (Wildman–Crippen MR) is 116 cm³/mol. The third-order valence-electron chi connectivity index (χ3n) is 5.59. The third-order valence-corrected chi connectivity index (χ3v) is 5.59. The van der Waals surface area contributed by atoms with Crippen molar-refractivity contribution in [2.75, 3.05) is 19.0 Å². The van der Waals surface area contributed by atoms with E-state index in [1.165, 1.54) is 17.7 Å². The molecule has 0 fully saturated rings. The molecule has 0 bridgehead atoms. The molecule has 154 valence electrons. The van der Waals surface area contributed by atoms with Gasteiger partial charge in [0.05, 0.1) is 16.6 Å². The maximum atomic E-state index is 14.4. The van der Waals surface area contributed by atoms with Gasteiger partial charge in [0.15, 0.2) is 0 Å². The van der Waals surface area contributed by atoms with Gasteiger partial charge in [-0.25, -0.2) is 0 Å². The fourth-order valence-electron chi connectivity index (χ4n) is 4.04. The van der Waals surface area contributed by atoms with Crippen LogP contribution in [0.2, 0.25) is 0 Å². The summed E-state index contributed by atoms with van der Waals surface area (Å²) in [6.07, 6.45) is -4.69. The van der Waals surface area contributed by atoms with Gasteiger partial charge in [0.1, 0.15) is 0 Å². The molecule has 0 unspecified atom stereocenters. The third kappa shape index (κ3) is 3.03. The number of fused-ring (bicyclic) bond motifs is 2. The molecule has 0 aliphatic carbocycles. The molecule has 4 rings (SSSR count). The van der Waals surface area contributed by atoms with Gasteiger partial charge in [-0.1, -0.05) is 42.5 Å². The number of aryl methyl sites for hydroxylation is 2. The molecular weight excluding hydrogens is 389 g/mol. The van der Waals surface area contributed by atoms with Gasteiger partial charge in [0.2, 0.25) is 0 Å². The van der Waals surface area contributed by atoms with Gasteiger partial charge < -0.3 is 9.47 Å². The van der Waals surface area contributed by atoms with Gasteiger partial charge in [-0.2, -0.15) is 13.2 Å². The molecule has 1 heterocycles. The van der Waals surface area contributed by atoms with E-state index in [4.69, 9.17) is 0 Å². The predicted octanol–water partition coefficient (Wildman–Crippen LogP) is 5.75. The summed E-state index contributed by atoms with van der Waals surface area (Å²) in [4.78, 5) is 15.1. The van der Waals surface area contributed by atoms with E-state index >= 15 is 0 Å². The first-order valence-electron chi connectivity index (χ1n) is 9.51. The molecule has 0 saturated carbocycles. The van der Waals surface area contributed by atoms with E-state index in [-0.39, 0.29) is 16.5 Å². The van der Waals surface area contributed by atoms with Crippen LogP contribution in [0.25, 0.3) is 32.8 Å². The first-order chi connectivity index (χ1) is 14.1. The molecule has 3 aromatic carbocycles. The van der Waals surface area contributed by atoms with Gasteiger partial charge in [-0.3, -0.25) is 4.79 Å². The molecular formula is C24H21F3N2O. The van der Waals surface area contributed by atoms with Crippen LogP contribution in [-0.4, -0.2) is 18.7 Å². The number of benzene rings is 3. The first-order valence-corrected chi connectivity index (χ1v) is 9.51. The minimum absolute atomic E-state index is 0.00913. The standard InChI is InChI=1S/C24H21F3N2O/c1-14-7-5-9-17-16(14)8-6-10-18(17)21-22(24(25,26)27)19-12-11-15(28(2)3)13-20(19)29(4)23(21)30/h5-13H,1-4H3. The summed E-state index contributed by atoms with van der Waals surface area (Å²) in [6.45, 7) is 1.90. The summed E-state index contributed by atoms with van der Waals surface area (Å²) in [6, 6.07) is 15.3. The number of rotatable bonds is 2. The molecule has 0 amide bonds. The molecule has 0 atom stereocenters. The number of alkyl halides is 3. The minimum Gasteiger partial charge on any atom is -0.378 e. The van der Waals surface area contributed by atoms with Crippen molar-refractivity contribution < 1.29 is 13.2 Å².